The maximum Gasteiger partial charge on any atom is 0.292 e. The minimum atomic E-state index is -0.238. The highest BCUT2D eigenvalue weighted by Crippen LogP contribution is 2.20. The molecule has 0 aliphatic rings. The first-order chi connectivity index (χ1) is 14.9. The van der Waals surface area contributed by atoms with Crippen LogP contribution in [0.25, 0.3) is 10.8 Å². The number of fused-ring (bicyclic) bond motifs is 1. The van der Waals surface area contributed by atoms with Crippen LogP contribution in [-0.4, -0.2) is 53.0 Å². The maximum atomic E-state index is 13.4. The Morgan fingerprint density at radius 3 is 2.77 bits per heavy atom. The molecule has 0 saturated heterocycles. The predicted molar refractivity (Wildman–Crippen MR) is 127 cm³/mol. The van der Waals surface area contributed by atoms with Crippen molar-refractivity contribution in [1.82, 2.24) is 19.7 Å². The monoisotopic (exact) mass is 421 g/mol. The largest absolute Gasteiger partial charge is 0.396 e. The second-order valence-corrected chi connectivity index (χ2v) is 7.64. The Morgan fingerprint density at radius 1 is 1.26 bits per heavy atom. The summed E-state index contributed by atoms with van der Waals surface area (Å²) in [6.07, 6.45) is 5.49. The molecule has 0 aliphatic carbocycles. The molecule has 8 heteroatoms. The molecule has 0 radical (unpaired) electrons. The number of benzene rings is 1. The molecular weight excluding hydrogens is 390 g/mol. The van der Waals surface area contributed by atoms with Gasteiger partial charge in [-0.2, -0.15) is 5.10 Å². The number of hydrogen-bond donors (Lipinski definition) is 2. The lowest BCUT2D eigenvalue weighted by atomic mass is 10.1. The Labute approximate surface area is 182 Å². The first kappa shape index (κ1) is 22.5. The van der Waals surface area contributed by atoms with Crippen LogP contribution in [0, 0.1) is 6.92 Å². The fourth-order valence-corrected chi connectivity index (χ4v) is 3.64. The van der Waals surface area contributed by atoms with Gasteiger partial charge >= 0.3 is 0 Å². The van der Waals surface area contributed by atoms with Gasteiger partial charge in [0.25, 0.3) is 5.56 Å². The number of rotatable bonds is 9. The molecule has 4 N–H and O–H groups in total. The lowest BCUT2D eigenvalue weighted by Crippen LogP contribution is -2.42. The summed E-state index contributed by atoms with van der Waals surface area (Å²) in [5, 5.41) is 6.41. The van der Waals surface area contributed by atoms with E-state index in [0.29, 0.717) is 37.7 Å². The Hall–Kier alpha value is -3.23. The zero-order chi connectivity index (χ0) is 22.4. The van der Waals surface area contributed by atoms with Gasteiger partial charge in [-0.3, -0.25) is 14.7 Å². The van der Waals surface area contributed by atoms with Crippen molar-refractivity contribution < 1.29 is 0 Å². The Balaban J connectivity index is 2.03. The summed E-state index contributed by atoms with van der Waals surface area (Å²) >= 11 is 0. The third-order valence-electron chi connectivity index (χ3n) is 5.09. The summed E-state index contributed by atoms with van der Waals surface area (Å²) in [4.78, 5) is 22.1. The van der Waals surface area contributed by atoms with E-state index in [4.69, 9.17) is 11.5 Å². The molecule has 0 unspecified atom stereocenters. The minimum absolute atomic E-state index is 0.238. The first-order valence-electron chi connectivity index (χ1n) is 10.4. The molecule has 0 atom stereocenters. The van der Waals surface area contributed by atoms with Gasteiger partial charge in [0.15, 0.2) is 0 Å². The number of anilines is 2. The van der Waals surface area contributed by atoms with Crippen molar-refractivity contribution in [2.75, 3.05) is 44.0 Å². The molecule has 2 aromatic heterocycles. The predicted octanol–water partition coefficient (Wildman–Crippen LogP) is 1.96. The average molecular weight is 422 g/mol. The smallest absolute Gasteiger partial charge is 0.292 e. The maximum absolute atomic E-state index is 13.4. The van der Waals surface area contributed by atoms with E-state index in [1.165, 1.54) is 4.68 Å². The molecule has 31 heavy (non-hydrogen) atoms. The van der Waals surface area contributed by atoms with Gasteiger partial charge in [-0.25, -0.2) is 4.68 Å². The number of nitrogens with two attached hydrogens (primary N) is 2. The molecule has 0 spiro atoms. The van der Waals surface area contributed by atoms with Crippen LogP contribution < -0.4 is 21.9 Å². The van der Waals surface area contributed by atoms with Crippen LogP contribution >= 0.6 is 0 Å². The number of nitrogens with zero attached hydrogens (tertiary/aromatic N) is 5. The van der Waals surface area contributed by atoms with E-state index in [1.54, 1.807) is 6.20 Å². The van der Waals surface area contributed by atoms with Crippen LogP contribution in [0.1, 0.15) is 18.3 Å². The summed E-state index contributed by atoms with van der Waals surface area (Å²) in [7, 11) is 1.97. The zero-order valence-corrected chi connectivity index (χ0v) is 18.5. The lowest BCUT2D eigenvalue weighted by Gasteiger charge is -2.29. The van der Waals surface area contributed by atoms with Gasteiger partial charge in [0, 0.05) is 30.7 Å². The third kappa shape index (κ3) is 5.28. The van der Waals surface area contributed by atoms with Gasteiger partial charge in [0.2, 0.25) is 0 Å². The van der Waals surface area contributed by atoms with E-state index in [-0.39, 0.29) is 12.1 Å². The SMILES string of the molecule is C/C=C/CN(CN(C)CCN)c1c(N)cnn(Cc2nc(C)cc3ccccc23)c1=O. The molecule has 0 aliphatic heterocycles. The van der Waals surface area contributed by atoms with Crippen molar-refractivity contribution in [1.29, 1.82) is 0 Å². The van der Waals surface area contributed by atoms with E-state index in [1.807, 2.05) is 68.3 Å². The molecular formula is C23H31N7O. The summed E-state index contributed by atoms with van der Waals surface area (Å²) in [5.74, 6) is 0. The van der Waals surface area contributed by atoms with E-state index < -0.39 is 0 Å². The van der Waals surface area contributed by atoms with Gasteiger partial charge in [0.1, 0.15) is 5.69 Å². The summed E-state index contributed by atoms with van der Waals surface area (Å²) < 4.78 is 1.44. The van der Waals surface area contributed by atoms with E-state index in [2.05, 4.69) is 15.0 Å². The number of aryl methyl sites for hydroxylation is 1. The number of pyridine rings is 1. The van der Waals surface area contributed by atoms with Crippen molar-refractivity contribution in [3.8, 4) is 0 Å². The molecule has 2 heterocycles. The normalized spacial score (nSPS) is 11.6. The number of allylic oxidation sites excluding steroid dienone is 1. The van der Waals surface area contributed by atoms with Crippen LogP contribution in [0.3, 0.4) is 0 Å². The van der Waals surface area contributed by atoms with Crippen molar-refractivity contribution >= 4 is 22.1 Å². The van der Waals surface area contributed by atoms with Crippen molar-refractivity contribution in [2.45, 2.75) is 20.4 Å². The minimum Gasteiger partial charge on any atom is -0.396 e. The number of aromatic nitrogens is 3. The molecule has 3 rings (SSSR count). The number of likely N-dealkylation sites (N-methyl/N-ethyl adjacent to an activating group) is 1. The topological polar surface area (TPSA) is 106 Å². The fourth-order valence-electron chi connectivity index (χ4n) is 3.64. The first-order valence-corrected chi connectivity index (χ1v) is 10.4. The number of nitrogen functional groups attached to an aromatic ring is 1. The third-order valence-corrected chi connectivity index (χ3v) is 5.09. The van der Waals surface area contributed by atoms with Crippen LogP contribution in [0.5, 0.6) is 0 Å². The summed E-state index contributed by atoms with van der Waals surface area (Å²) in [6.45, 7) is 6.50. The van der Waals surface area contributed by atoms with Crippen LogP contribution in [0.15, 0.2) is 53.5 Å². The lowest BCUT2D eigenvalue weighted by molar-refractivity contribution is 0.343. The van der Waals surface area contributed by atoms with Gasteiger partial charge in [-0.15, -0.1) is 0 Å². The second kappa shape index (κ2) is 10.2. The molecule has 0 fully saturated rings. The molecule has 8 nitrogen and oxygen atoms in total. The quantitative estimate of drug-likeness (QED) is 0.402. The van der Waals surface area contributed by atoms with Gasteiger partial charge in [-0.1, -0.05) is 36.4 Å². The Morgan fingerprint density at radius 2 is 2.03 bits per heavy atom. The van der Waals surface area contributed by atoms with Crippen LogP contribution in [-0.2, 0) is 6.54 Å². The highest BCUT2D eigenvalue weighted by molar-refractivity contribution is 5.84. The van der Waals surface area contributed by atoms with Crippen molar-refractivity contribution in [3.05, 3.63) is 70.4 Å². The molecule has 1 aromatic carbocycles. The second-order valence-electron chi connectivity index (χ2n) is 7.64. The highest BCUT2D eigenvalue weighted by Gasteiger charge is 2.18. The Bertz CT molecular complexity index is 1120. The summed E-state index contributed by atoms with van der Waals surface area (Å²) in [6, 6.07) is 10.1. The molecule has 0 bridgehead atoms. The molecule has 3 aromatic rings. The zero-order valence-electron chi connectivity index (χ0n) is 18.5. The van der Waals surface area contributed by atoms with Crippen LogP contribution in [0.2, 0.25) is 0 Å². The standard InChI is InChI=1S/C23H31N7O/c1-4-5-11-29(16-28(3)12-10-24)22-20(25)14-26-30(23(22)31)15-21-19-9-7-6-8-18(19)13-17(2)27-21/h4-9,13-14H,10-12,15-16,24-25H2,1-3H3/b5-4+. The van der Waals surface area contributed by atoms with E-state index in [9.17, 15) is 4.79 Å². The van der Waals surface area contributed by atoms with Gasteiger partial charge < -0.3 is 16.4 Å². The molecule has 0 amide bonds. The van der Waals surface area contributed by atoms with Gasteiger partial charge in [-0.05, 0) is 32.3 Å². The number of hydrogen-bond acceptors (Lipinski definition) is 7. The van der Waals surface area contributed by atoms with Crippen molar-refractivity contribution in [3.63, 3.8) is 0 Å². The fraction of sp³-hybridized carbons (Fsp3) is 0.348. The average Bonchev–Trinajstić information content (AvgIpc) is 2.74. The Kier molecular flexibility index (Phi) is 7.38. The van der Waals surface area contributed by atoms with Crippen molar-refractivity contribution in [2.24, 2.45) is 5.73 Å². The summed E-state index contributed by atoms with van der Waals surface area (Å²) in [5.41, 5.74) is 14.2. The molecule has 164 valence electrons. The van der Waals surface area contributed by atoms with E-state index >= 15 is 0 Å². The highest BCUT2D eigenvalue weighted by atomic mass is 16.1. The van der Waals surface area contributed by atoms with E-state index in [0.717, 1.165) is 22.2 Å². The molecule has 0 saturated carbocycles. The van der Waals surface area contributed by atoms with Crippen LogP contribution in [0.4, 0.5) is 11.4 Å². The van der Waals surface area contributed by atoms with Gasteiger partial charge in [0.05, 0.1) is 30.8 Å².